The maximum atomic E-state index is 5.75. The minimum absolute atomic E-state index is 0.353. The molecule has 0 bridgehead atoms. The van der Waals surface area contributed by atoms with E-state index in [0.29, 0.717) is 17.4 Å². The molecule has 0 radical (unpaired) electrons. The molecule has 0 saturated heterocycles. The molecule has 0 spiro atoms. The van der Waals surface area contributed by atoms with E-state index in [9.17, 15) is 0 Å². The summed E-state index contributed by atoms with van der Waals surface area (Å²) in [7, 11) is 0. The van der Waals surface area contributed by atoms with Crippen molar-refractivity contribution in [3.8, 4) is 0 Å². The lowest BCUT2D eigenvalue weighted by molar-refractivity contribution is 1.00. The van der Waals surface area contributed by atoms with Crippen molar-refractivity contribution >= 4 is 23.0 Å². The number of hydrogen-bond donors (Lipinski definition) is 2. The smallest absolute Gasteiger partial charge is 0.136 e. The molecule has 2 rings (SSSR count). The Morgan fingerprint density at radius 3 is 2.68 bits per heavy atom. The van der Waals surface area contributed by atoms with Crippen molar-refractivity contribution in [3.05, 3.63) is 53.0 Å². The summed E-state index contributed by atoms with van der Waals surface area (Å²) in [6, 6.07) is 5.85. The molecule has 5 heteroatoms. The average molecular weight is 272 g/mol. The van der Waals surface area contributed by atoms with Gasteiger partial charge in [0.25, 0.3) is 0 Å². The van der Waals surface area contributed by atoms with Gasteiger partial charge in [-0.1, -0.05) is 18.3 Å². The van der Waals surface area contributed by atoms with Crippen LogP contribution in [0.5, 0.6) is 0 Å². The highest BCUT2D eigenvalue weighted by Gasteiger charge is 2.10. The predicted octanol–water partition coefficient (Wildman–Crippen LogP) is 2.34. The standard InChI is InChI=1S/C14H16N4S/c1-9-4-3-6-16-11(9)8-18-14-12(13(15)19)10(2)5-7-17-14/h3-7H,8H2,1-2H3,(H2,15,19)(H,17,18). The number of anilines is 1. The van der Waals surface area contributed by atoms with Crippen molar-refractivity contribution < 1.29 is 0 Å². The number of rotatable bonds is 4. The molecule has 98 valence electrons. The van der Waals surface area contributed by atoms with Gasteiger partial charge in [0.2, 0.25) is 0 Å². The Hall–Kier alpha value is -2.01. The lowest BCUT2D eigenvalue weighted by Crippen LogP contribution is -2.16. The largest absolute Gasteiger partial charge is 0.389 e. The molecule has 19 heavy (non-hydrogen) atoms. The zero-order valence-electron chi connectivity index (χ0n) is 11.0. The predicted molar refractivity (Wildman–Crippen MR) is 81.2 cm³/mol. The summed E-state index contributed by atoms with van der Waals surface area (Å²) in [6.07, 6.45) is 3.52. The summed E-state index contributed by atoms with van der Waals surface area (Å²) in [5.41, 5.74) is 9.69. The number of aromatic nitrogens is 2. The van der Waals surface area contributed by atoms with Gasteiger partial charge in [-0.3, -0.25) is 4.98 Å². The van der Waals surface area contributed by atoms with Gasteiger partial charge in [0.05, 0.1) is 17.8 Å². The number of nitrogens with two attached hydrogens (primary N) is 1. The van der Waals surface area contributed by atoms with Crippen molar-refractivity contribution in [2.45, 2.75) is 20.4 Å². The van der Waals surface area contributed by atoms with Crippen LogP contribution in [0, 0.1) is 13.8 Å². The van der Waals surface area contributed by atoms with Crippen LogP contribution in [-0.2, 0) is 6.54 Å². The van der Waals surface area contributed by atoms with Gasteiger partial charge in [-0.25, -0.2) is 4.98 Å². The molecule has 0 aliphatic heterocycles. The maximum absolute atomic E-state index is 5.75. The van der Waals surface area contributed by atoms with Gasteiger partial charge in [-0.2, -0.15) is 0 Å². The fraction of sp³-hybridized carbons (Fsp3) is 0.214. The average Bonchev–Trinajstić information content (AvgIpc) is 2.37. The van der Waals surface area contributed by atoms with Crippen LogP contribution in [0.15, 0.2) is 30.6 Å². The zero-order valence-corrected chi connectivity index (χ0v) is 11.8. The molecule has 0 aromatic carbocycles. The molecule has 0 fully saturated rings. The summed E-state index contributed by atoms with van der Waals surface area (Å²) in [5, 5.41) is 3.25. The van der Waals surface area contributed by atoms with Crippen LogP contribution in [0.4, 0.5) is 5.82 Å². The Bertz CT molecular complexity index is 610. The van der Waals surface area contributed by atoms with Gasteiger partial charge in [-0.05, 0) is 37.1 Å². The monoisotopic (exact) mass is 272 g/mol. The van der Waals surface area contributed by atoms with Gasteiger partial charge in [-0.15, -0.1) is 0 Å². The van der Waals surface area contributed by atoms with Gasteiger partial charge in [0.1, 0.15) is 10.8 Å². The topological polar surface area (TPSA) is 63.8 Å². The van der Waals surface area contributed by atoms with Gasteiger partial charge >= 0.3 is 0 Å². The van der Waals surface area contributed by atoms with Crippen molar-refractivity contribution in [3.63, 3.8) is 0 Å². The molecule has 0 amide bonds. The summed E-state index contributed by atoms with van der Waals surface area (Å²) in [6.45, 7) is 4.59. The van der Waals surface area contributed by atoms with Crippen LogP contribution in [0.25, 0.3) is 0 Å². The highest BCUT2D eigenvalue weighted by molar-refractivity contribution is 7.80. The van der Waals surface area contributed by atoms with E-state index in [1.165, 1.54) is 0 Å². The van der Waals surface area contributed by atoms with Gasteiger partial charge < -0.3 is 11.1 Å². The lowest BCUT2D eigenvalue weighted by atomic mass is 10.1. The second-order valence-corrected chi connectivity index (χ2v) is 4.78. The van der Waals surface area contributed by atoms with Crippen LogP contribution in [-0.4, -0.2) is 15.0 Å². The number of nitrogens with zero attached hydrogens (tertiary/aromatic N) is 2. The van der Waals surface area contributed by atoms with Crippen molar-refractivity contribution in [2.75, 3.05) is 5.32 Å². The summed E-state index contributed by atoms with van der Waals surface area (Å²) in [5.74, 6) is 0.706. The second-order valence-electron chi connectivity index (χ2n) is 4.34. The second kappa shape index (κ2) is 5.75. The molecular weight excluding hydrogens is 256 g/mol. The minimum Gasteiger partial charge on any atom is -0.389 e. The Morgan fingerprint density at radius 1 is 1.21 bits per heavy atom. The van der Waals surface area contributed by atoms with Crippen LogP contribution in [0.1, 0.15) is 22.4 Å². The molecule has 0 aliphatic carbocycles. The maximum Gasteiger partial charge on any atom is 0.136 e. The van der Waals surface area contributed by atoms with Crippen LogP contribution >= 0.6 is 12.2 Å². The molecule has 0 saturated carbocycles. The Balaban J connectivity index is 2.23. The quantitative estimate of drug-likeness (QED) is 0.836. The molecule has 4 nitrogen and oxygen atoms in total. The van der Waals surface area contributed by atoms with Gasteiger partial charge in [0.15, 0.2) is 0 Å². The molecule has 2 heterocycles. The number of pyridine rings is 2. The lowest BCUT2D eigenvalue weighted by Gasteiger charge is -2.12. The number of hydrogen-bond acceptors (Lipinski definition) is 4. The van der Waals surface area contributed by atoms with E-state index in [4.69, 9.17) is 18.0 Å². The minimum atomic E-state index is 0.353. The Morgan fingerprint density at radius 2 is 2.00 bits per heavy atom. The van der Waals surface area contributed by atoms with Crippen molar-refractivity contribution in [1.29, 1.82) is 0 Å². The van der Waals surface area contributed by atoms with E-state index in [2.05, 4.69) is 15.3 Å². The first-order chi connectivity index (χ1) is 9.09. The first kappa shape index (κ1) is 13.4. The summed E-state index contributed by atoms with van der Waals surface area (Å²) < 4.78 is 0. The van der Waals surface area contributed by atoms with E-state index < -0.39 is 0 Å². The molecule has 2 aromatic rings. The van der Waals surface area contributed by atoms with Crippen molar-refractivity contribution in [2.24, 2.45) is 5.73 Å². The van der Waals surface area contributed by atoms with Crippen molar-refractivity contribution in [1.82, 2.24) is 9.97 Å². The fourth-order valence-corrected chi connectivity index (χ4v) is 2.13. The van der Waals surface area contributed by atoms with Crippen LogP contribution in [0.2, 0.25) is 0 Å². The zero-order chi connectivity index (χ0) is 13.8. The molecule has 0 unspecified atom stereocenters. The van der Waals surface area contributed by atoms with E-state index in [0.717, 1.165) is 22.4 Å². The number of nitrogens with one attached hydrogen (secondary N) is 1. The van der Waals surface area contributed by atoms with E-state index in [1.54, 1.807) is 12.4 Å². The van der Waals surface area contributed by atoms with E-state index in [1.807, 2.05) is 32.0 Å². The fourth-order valence-electron chi connectivity index (χ4n) is 1.87. The first-order valence-electron chi connectivity index (χ1n) is 5.99. The third-order valence-corrected chi connectivity index (χ3v) is 3.15. The third kappa shape index (κ3) is 3.06. The number of thiocarbonyl (C=S) groups is 1. The number of aryl methyl sites for hydroxylation is 2. The normalized spacial score (nSPS) is 10.2. The molecule has 2 aromatic heterocycles. The SMILES string of the molecule is Cc1cccnc1CNc1nccc(C)c1C(N)=S. The van der Waals surface area contributed by atoms with Crippen LogP contribution in [0.3, 0.4) is 0 Å². The highest BCUT2D eigenvalue weighted by atomic mass is 32.1. The molecule has 3 N–H and O–H groups in total. The third-order valence-electron chi connectivity index (χ3n) is 2.95. The van der Waals surface area contributed by atoms with E-state index in [-0.39, 0.29) is 0 Å². The Labute approximate surface area is 118 Å². The van der Waals surface area contributed by atoms with E-state index >= 15 is 0 Å². The molecule has 0 aliphatic rings. The molecule has 0 atom stereocenters. The first-order valence-corrected chi connectivity index (χ1v) is 6.40. The van der Waals surface area contributed by atoms with Gasteiger partial charge in [0, 0.05) is 12.4 Å². The summed E-state index contributed by atoms with van der Waals surface area (Å²) in [4.78, 5) is 8.99. The highest BCUT2D eigenvalue weighted by Crippen LogP contribution is 2.17. The summed E-state index contributed by atoms with van der Waals surface area (Å²) >= 11 is 5.08. The van der Waals surface area contributed by atoms with Crippen LogP contribution < -0.4 is 11.1 Å². The Kier molecular flexibility index (Phi) is 4.06. The molecular formula is C14H16N4S.